The van der Waals surface area contributed by atoms with Crippen molar-refractivity contribution in [1.29, 1.82) is 0 Å². The van der Waals surface area contributed by atoms with Gasteiger partial charge in [0.1, 0.15) is 0 Å². The zero-order valence-corrected chi connectivity index (χ0v) is 20.4. The van der Waals surface area contributed by atoms with E-state index in [1.54, 1.807) is 6.07 Å². The van der Waals surface area contributed by atoms with Gasteiger partial charge in [0.05, 0.1) is 12.5 Å². The lowest BCUT2D eigenvalue weighted by molar-refractivity contribution is -0.396. The molecule has 1 unspecified atom stereocenters. The lowest BCUT2D eigenvalue weighted by atomic mass is 9.91. The van der Waals surface area contributed by atoms with E-state index in [0.29, 0.717) is 34.4 Å². The summed E-state index contributed by atoms with van der Waals surface area (Å²) in [5.74, 6) is 4.09. The smallest absolute Gasteiger partial charge is 0.351 e. The normalized spacial score (nSPS) is 16.6. The number of carbonyl (C=O) groups is 1. The molecule has 1 amide bonds. The zero-order chi connectivity index (χ0) is 26.9. The van der Waals surface area contributed by atoms with Gasteiger partial charge in [0, 0.05) is 33.8 Å². The van der Waals surface area contributed by atoms with Crippen LogP contribution in [0.4, 0.5) is 32.0 Å². The van der Waals surface area contributed by atoms with Gasteiger partial charge in [-0.1, -0.05) is 12.1 Å². The molecule has 1 heterocycles. The van der Waals surface area contributed by atoms with Gasteiger partial charge in [-0.15, -0.1) is 0 Å². The van der Waals surface area contributed by atoms with Crippen molar-refractivity contribution < 1.29 is 40.1 Å². The maximum Gasteiger partial charge on any atom is 0.430 e. The van der Waals surface area contributed by atoms with Crippen molar-refractivity contribution in [2.45, 2.75) is 62.1 Å². The van der Waals surface area contributed by atoms with Crippen molar-refractivity contribution in [2.24, 2.45) is 5.92 Å². The Bertz CT molecular complexity index is 1160. The van der Waals surface area contributed by atoms with Crippen LogP contribution < -0.4 is 5.32 Å². The molecule has 0 aliphatic heterocycles. The van der Waals surface area contributed by atoms with Crippen molar-refractivity contribution in [3.63, 3.8) is 0 Å². The van der Waals surface area contributed by atoms with E-state index in [1.807, 2.05) is 0 Å². The molecule has 0 bridgehead atoms. The minimum Gasteiger partial charge on any atom is -0.351 e. The molecule has 198 valence electrons. The Morgan fingerprint density at radius 3 is 2.11 bits per heavy atom. The van der Waals surface area contributed by atoms with E-state index in [2.05, 4.69) is 20.9 Å². The Kier molecular flexibility index (Phi) is 7.81. The number of aromatic nitrogens is 1. The lowest BCUT2D eigenvalue weighted by Gasteiger charge is -2.38. The number of benzene rings is 1. The molecule has 1 saturated carbocycles. The fraction of sp³-hybridized carbons (Fsp3) is 0.458. The van der Waals surface area contributed by atoms with Crippen LogP contribution in [0.3, 0.4) is 0 Å². The Balaban J connectivity index is 1.72. The molecular formula is C24H26F6N2O3S. The summed E-state index contributed by atoms with van der Waals surface area (Å²) in [6.45, 7) is 2.15. The van der Waals surface area contributed by atoms with Gasteiger partial charge in [-0.2, -0.15) is 26.3 Å². The first-order valence-electron chi connectivity index (χ1n) is 11.1. The van der Waals surface area contributed by atoms with Crippen molar-refractivity contribution in [3.05, 3.63) is 53.9 Å². The first kappa shape index (κ1) is 28.0. The van der Waals surface area contributed by atoms with E-state index in [9.17, 15) is 35.3 Å². The molecule has 1 aromatic heterocycles. The molecule has 0 saturated heterocycles. The minimum atomic E-state index is -5.78. The molecule has 1 atom stereocenters. The van der Waals surface area contributed by atoms with Gasteiger partial charge in [-0.05, 0) is 72.3 Å². The second-order valence-electron chi connectivity index (χ2n) is 9.05. The summed E-state index contributed by atoms with van der Waals surface area (Å²) in [7, 11) is -2.47. The van der Waals surface area contributed by atoms with Gasteiger partial charge >= 0.3 is 12.4 Å². The molecule has 12 heteroatoms. The van der Waals surface area contributed by atoms with Crippen LogP contribution >= 0.6 is 0 Å². The van der Waals surface area contributed by atoms with E-state index in [0.717, 1.165) is 38.8 Å². The molecule has 1 fully saturated rings. The third-order valence-electron chi connectivity index (χ3n) is 5.56. The summed E-state index contributed by atoms with van der Waals surface area (Å²) in [6, 6.07) is 6.24. The number of carbonyl (C=O) groups excluding carboxylic acids is 1. The number of rotatable bonds is 9. The molecule has 1 aliphatic rings. The molecule has 0 spiro atoms. The number of hydrogen-bond donors (Lipinski definition) is 1. The summed E-state index contributed by atoms with van der Waals surface area (Å²) in [4.78, 5) is 17.0. The summed E-state index contributed by atoms with van der Waals surface area (Å²) in [5, 5.41) is 2.42. The van der Waals surface area contributed by atoms with E-state index in [1.165, 1.54) is 12.3 Å². The molecule has 1 aliphatic carbocycles. The third-order valence-corrected chi connectivity index (χ3v) is 7.67. The number of halogens is 6. The number of nitrogens with one attached hydrogen (secondary N) is 1. The number of ether oxygens (including phenoxy) is 1. The number of pyridine rings is 1. The molecule has 1 aromatic carbocycles. The van der Waals surface area contributed by atoms with Gasteiger partial charge in [0.2, 0.25) is 5.91 Å². The monoisotopic (exact) mass is 536 g/mol. The fourth-order valence-electron chi connectivity index (χ4n) is 3.70. The quantitative estimate of drug-likeness (QED) is 0.340. The van der Waals surface area contributed by atoms with E-state index in [-0.39, 0.29) is 12.1 Å². The number of hydrogen-bond acceptors (Lipinski definition) is 4. The van der Waals surface area contributed by atoms with E-state index >= 15 is 0 Å². The lowest BCUT2D eigenvalue weighted by Crippen LogP contribution is -2.57. The molecule has 5 nitrogen and oxygen atoms in total. The van der Waals surface area contributed by atoms with Crippen molar-refractivity contribution in [3.8, 4) is 0 Å². The number of nitrogens with zero attached hydrogens (tertiary/aromatic N) is 1. The van der Waals surface area contributed by atoms with Crippen LogP contribution in [0.25, 0.3) is 0 Å². The van der Waals surface area contributed by atoms with Crippen LogP contribution in [0.1, 0.15) is 37.9 Å². The van der Waals surface area contributed by atoms with Crippen molar-refractivity contribution in [1.82, 2.24) is 4.98 Å². The Morgan fingerprint density at radius 2 is 1.67 bits per heavy atom. The summed E-state index contributed by atoms with van der Waals surface area (Å²) in [5.41, 5.74) is -5.34. The van der Waals surface area contributed by atoms with Gasteiger partial charge in [0.15, 0.2) is 0 Å². The maximum atomic E-state index is 13.7. The number of alkyl halides is 6. The Labute approximate surface area is 205 Å². The first-order valence-corrected chi connectivity index (χ1v) is 13.0. The van der Waals surface area contributed by atoms with E-state index in [4.69, 9.17) is 0 Å². The van der Waals surface area contributed by atoms with Crippen LogP contribution in [0, 0.1) is 5.92 Å². The van der Waals surface area contributed by atoms with Crippen LogP contribution in [0.5, 0.6) is 0 Å². The summed E-state index contributed by atoms with van der Waals surface area (Å²) >= 11 is 0. The first-order chi connectivity index (χ1) is 16.5. The fourth-order valence-corrected chi connectivity index (χ4v) is 5.55. The third kappa shape index (κ3) is 6.20. The molecule has 1 N–H and O–H groups in total. The van der Waals surface area contributed by atoms with Crippen LogP contribution in [0.15, 0.2) is 47.5 Å². The van der Waals surface area contributed by atoms with Crippen LogP contribution in [-0.4, -0.2) is 45.2 Å². The Morgan fingerprint density at radius 1 is 1.08 bits per heavy atom. The number of amides is 1. The molecule has 3 rings (SSSR count). The average molecular weight is 537 g/mol. The van der Waals surface area contributed by atoms with Crippen molar-refractivity contribution >= 4 is 27.0 Å². The summed E-state index contributed by atoms with van der Waals surface area (Å²) < 4.78 is 99.3. The summed E-state index contributed by atoms with van der Waals surface area (Å²) in [6.07, 6.45) is -9.71. The highest BCUT2D eigenvalue weighted by Crippen LogP contribution is 2.53. The van der Waals surface area contributed by atoms with Gasteiger partial charge in [-0.25, -0.2) is 0 Å². The topological polar surface area (TPSA) is 68.3 Å². The van der Waals surface area contributed by atoms with Gasteiger partial charge < -0.3 is 10.1 Å². The minimum absolute atomic E-state index is 0.00613. The predicted molar refractivity (Wildman–Crippen MR) is 124 cm³/mol. The highest BCUT2D eigenvalue weighted by Gasteiger charge is 2.73. The van der Waals surface area contributed by atoms with Crippen LogP contribution in [0.2, 0.25) is 0 Å². The second-order valence-corrected chi connectivity index (χ2v) is 11.5. The van der Waals surface area contributed by atoms with Crippen molar-refractivity contribution in [2.75, 3.05) is 11.1 Å². The standard InChI is InChI=1S/C24H26F6N2O3S/c1-15(2)35-22(23(25,26)27,24(28,29)30)17-6-8-18(9-7-17)32-21(33)12-19-10-11-20(13-31-19)36(3,34)14-16-4-5-16/h6-11,13,15-16H,3-5,12,14H2,1-2H3,(H,32,33). The number of anilines is 1. The highest BCUT2D eigenvalue weighted by molar-refractivity contribution is 8.00. The highest BCUT2D eigenvalue weighted by atomic mass is 32.2. The maximum absolute atomic E-state index is 13.7. The molecule has 36 heavy (non-hydrogen) atoms. The zero-order valence-electron chi connectivity index (χ0n) is 19.6. The average Bonchev–Trinajstić information content (AvgIpc) is 3.54. The van der Waals surface area contributed by atoms with E-state index < -0.39 is 45.0 Å². The second kappa shape index (κ2) is 10.0. The van der Waals surface area contributed by atoms with Crippen LogP contribution in [-0.2, 0) is 31.1 Å². The predicted octanol–water partition coefficient (Wildman–Crippen LogP) is 5.49. The molecular weight excluding hydrogens is 510 g/mol. The molecule has 2 aromatic rings. The Hall–Kier alpha value is -2.60. The van der Waals surface area contributed by atoms with Gasteiger partial charge in [-0.3, -0.25) is 14.0 Å². The SMILES string of the molecule is C=S(=O)(CC1CC1)c1ccc(CC(=O)Nc2ccc(C(OC(C)C)(C(F)(F)F)C(F)(F)F)cc2)nc1. The molecule has 0 radical (unpaired) electrons. The largest absolute Gasteiger partial charge is 0.430 e. The van der Waals surface area contributed by atoms with Gasteiger partial charge in [0.25, 0.3) is 5.60 Å².